The Morgan fingerprint density at radius 2 is 2.12 bits per heavy atom. The fourth-order valence-electron chi connectivity index (χ4n) is 1.19. The van der Waals surface area contributed by atoms with Crippen molar-refractivity contribution in [3.8, 4) is 0 Å². The summed E-state index contributed by atoms with van der Waals surface area (Å²) >= 11 is 5.68. The first-order valence-corrected chi connectivity index (χ1v) is 4.92. The Kier molecular flexibility index (Phi) is 4.35. The molecular weight excluding hydrogens is 261 g/mol. The number of alkyl halides is 3. The van der Waals surface area contributed by atoms with E-state index in [0.29, 0.717) is 0 Å². The van der Waals surface area contributed by atoms with E-state index in [9.17, 15) is 13.2 Å². The molecule has 0 bridgehead atoms. The van der Waals surface area contributed by atoms with Crippen LogP contribution in [0.1, 0.15) is 0 Å². The number of aliphatic hydroxyl groups excluding tert-OH is 1. The third kappa shape index (κ3) is 4.23. The van der Waals surface area contributed by atoms with E-state index >= 15 is 0 Å². The lowest BCUT2D eigenvalue weighted by Gasteiger charge is -2.24. The summed E-state index contributed by atoms with van der Waals surface area (Å²) in [5, 5.41) is 8.67. The van der Waals surface area contributed by atoms with Crippen LogP contribution in [0.4, 0.5) is 24.9 Å². The van der Waals surface area contributed by atoms with Gasteiger partial charge in [0.2, 0.25) is 5.95 Å². The molecule has 0 unspecified atom stereocenters. The van der Waals surface area contributed by atoms with Crippen LogP contribution in [0.3, 0.4) is 0 Å². The molecule has 1 aromatic rings. The number of aliphatic hydroxyl groups is 1. The van der Waals surface area contributed by atoms with Crippen LogP contribution in [0, 0.1) is 0 Å². The van der Waals surface area contributed by atoms with Crippen molar-refractivity contribution >= 4 is 23.4 Å². The molecule has 0 radical (unpaired) electrons. The molecule has 0 aliphatic heterocycles. The highest BCUT2D eigenvalue weighted by atomic mass is 35.5. The Bertz CT molecular complexity index is 388. The number of hydrogen-bond donors (Lipinski definition) is 2. The standard InChI is InChI=1S/C8H10ClF3N4O/c9-5-3-14-7(13)15-6(5)16(1-2-17)4-8(10,11)12/h3,17H,1-2,4H2,(H2,13,14,15). The topological polar surface area (TPSA) is 75.3 Å². The highest BCUT2D eigenvalue weighted by molar-refractivity contribution is 6.32. The monoisotopic (exact) mass is 270 g/mol. The van der Waals surface area contributed by atoms with Gasteiger partial charge in [-0.25, -0.2) is 4.98 Å². The summed E-state index contributed by atoms with van der Waals surface area (Å²) in [7, 11) is 0. The van der Waals surface area contributed by atoms with Crippen molar-refractivity contribution < 1.29 is 18.3 Å². The Hall–Kier alpha value is -1.28. The quantitative estimate of drug-likeness (QED) is 0.856. The van der Waals surface area contributed by atoms with Crippen LogP contribution in [0.25, 0.3) is 0 Å². The molecule has 0 aliphatic rings. The smallest absolute Gasteiger partial charge is 0.395 e. The minimum absolute atomic E-state index is 0.0584. The van der Waals surface area contributed by atoms with Gasteiger partial charge in [-0.15, -0.1) is 0 Å². The van der Waals surface area contributed by atoms with E-state index in [2.05, 4.69) is 9.97 Å². The molecule has 0 amide bonds. The summed E-state index contributed by atoms with van der Waals surface area (Å²) in [6.45, 7) is -1.99. The summed E-state index contributed by atoms with van der Waals surface area (Å²) in [5.41, 5.74) is 5.27. The number of hydrogen-bond acceptors (Lipinski definition) is 5. The van der Waals surface area contributed by atoms with E-state index in [-0.39, 0.29) is 23.3 Å². The average molecular weight is 271 g/mol. The lowest BCUT2D eigenvalue weighted by molar-refractivity contribution is -0.119. The molecule has 17 heavy (non-hydrogen) atoms. The highest BCUT2D eigenvalue weighted by Gasteiger charge is 2.32. The van der Waals surface area contributed by atoms with Crippen molar-refractivity contribution in [1.29, 1.82) is 0 Å². The van der Waals surface area contributed by atoms with Gasteiger partial charge in [-0.2, -0.15) is 18.2 Å². The second kappa shape index (κ2) is 5.37. The van der Waals surface area contributed by atoms with Crippen LogP contribution in [0.2, 0.25) is 5.02 Å². The fourth-order valence-corrected chi connectivity index (χ4v) is 1.40. The van der Waals surface area contributed by atoms with E-state index < -0.39 is 19.3 Å². The summed E-state index contributed by atoms with van der Waals surface area (Å²) in [5.74, 6) is -0.333. The lowest BCUT2D eigenvalue weighted by atomic mass is 10.4. The van der Waals surface area contributed by atoms with Gasteiger partial charge in [-0.1, -0.05) is 11.6 Å². The second-order valence-corrected chi connectivity index (χ2v) is 3.57. The van der Waals surface area contributed by atoms with Gasteiger partial charge in [0, 0.05) is 6.54 Å². The van der Waals surface area contributed by atoms with E-state index in [1.807, 2.05) is 0 Å². The number of anilines is 2. The van der Waals surface area contributed by atoms with Gasteiger partial charge in [0.25, 0.3) is 0 Å². The first-order valence-electron chi connectivity index (χ1n) is 4.54. The largest absolute Gasteiger partial charge is 0.405 e. The summed E-state index contributed by atoms with van der Waals surface area (Å²) in [6, 6.07) is 0. The number of nitrogens with two attached hydrogens (primary N) is 1. The van der Waals surface area contributed by atoms with Gasteiger partial charge >= 0.3 is 6.18 Å². The normalized spacial score (nSPS) is 11.6. The molecule has 9 heteroatoms. The predicted octanol–water partition coefficient (Wildman–Crippen LogP) is 1.07. The van der Waals surface area contributed by atoms with Crippen molar-refractivity contribution in [1.82, 2.24) is 9.97 Å². The van der Waals surface area contributed by atoms with E-state index in [0.717, 1.165) is 11.1 Å². The Morgan fingerprint density at radius 3 is 2.65 bits per heavy atom. The molecule has 1 heterocycles. The third-order valence-electron chi connectivity index (χ3n) is 1.78. The van der Waals surface area contributed by atoms with Crippen molar-refractivity contribution in [3.05, 3.63) is 11.2 Å². The maximum absolute atomic E-state index is 12.3. The zero-order valence-corrected chi connectivity index (χ0v) is 9.33. The minimum atomic E-state index is -4.43. The zero-order valence-electron chi connectivity index (χ0n) is 8.58. The number of halogens is 4. The second-order valence-electron chi connectivity index (χ2n) is 3.16. The molecule has 3 N–H and O–H groups in total. The fraction of sp³-hybridized carbons (Fsp3) is 0.500. The molecule has 0 atom stereocenters. The first kappa shape index (κ1) is 13.8. The van der Waals surface area contributed by atoms with Crippen LogP contribution >= 0.6 is 11.6 Å². The Labute approximate surface area is 100 Å². The summed E-state index contributed by atoms with van der Waals surface area (Å²) < 4.78 is 36.9. The molecule has 1 rings (SSSR count). The van der Waals surface area contributed by atoms with Gasteiger partial charge in [-0.3, -0.25) is 0 Å². The molecule has 5 nitrogen and oxygen atoms in total. The Balaban J connectivity index is 3.00. The van der Waals surface area contributed by atoms with Crippen LogP contribution in [-0.4, -0.2) is 40.9 Å². The van der Waals surface area contributed by atoms with Crippen molar-refractivity contribution in [2.75, 3.05) is 30.3 Å². The SMILES string of the molecule is Nc1ncc(Cl)c(N(CCO)CC(F)(F)F)n1. The molecule has 1 aromatic heterocycles. The molecule has 0 aliphatic carbocycles. The molecular formula is C8H10ClF3N4O. The average Bonchev–Trinajstić information content (AvgIpc) is 2.19. The van der Waals surface area contributed by atoms with E-state index in [1.54, 1.807) is 0 Å². The third-order valence-corrected chi connectivity index (χ3v) is 2.05. The molecule has 0 saturated carbocycles. The first-order chi connectivity index (χ1) is 7.83. The number of aromatic nitrogens is 2. The highest BCUT2D eigenvalue weighted by Crippen LogP contribution is 2.26. The van der Waals surface area contributed by atoms with E-state index in [4.69, 9.17) is 22.4 Å². The zero-order chi connectivity index (χ0) is 13.1. The van der Waals surface area contributed by atoms with Gasteiger partial charge < -0.3 is 15.7 Å². The van der Waals surface area contributed by atoms with Crippen LogP contribution in [0.5, 0.6) is 0 Å². The maximum atomic E-state index is 12.3. The van der Waals surface area contributed by atoms with Gasteiger partial charge in [0.15, 0.2) is 5.82 Å². The van der Waals surface area contributed by atoms with Crippen LogP contribution in [-0.2, 0) is 0 Å². The maximum Gasteiger partial charge on any atom is 0.405 e. The summed E-state index contributed by atoms with van der Waals surface area (Å²) in [4.78, 5) is 7.96. The van der Waals surface area contributed by atoms with Crippen LogP contribution < -0.4 is 10.6 Å². The van der Waals surface area contributed by atoms with Crippen molar-refractivity contribution in [2.45, 2.75) is 6.18 Å². The lowest BCUT2D eigenvalue weighted by Crippen LogP contribution is -2.37. The minimum Gasteiger partial charge on any atom is -0.395 e. The predicted molar refractivity (Wildman–Crippen MR) is 56.8 cm³/mol. The number of nitrogens with zero attached hydrogens (tertiary/aromatic N) is 3. The van der Waals surface area contributed by atoms with E-state index in [1.165, 1.54) is 0 Å². The number of rotatable bonds is 4. The Morgan fingerprint density at radius 1 is 1.47 bits per heavy atom. The summed E-state index contributed by atoms with van der Waals surface area (Å²) in [6.07, 6.45) is -3.32. The molecule has 0 saturated heterocycles. The molecule has 0 spiro atoms. The number of nitrogen functional groups attached to an aromatic ring is 1. The van der Waals surface area contributed by atoms with Gasteiger partial charge in [0.05, 0.1) is 12.8 Å². The van der Waals surface area contributed by atoms with Crippen molar-refractivity contribution in [3.63, 3.8) is 0 Å². The van der Waals surface area contributed by atoms with Gasteiger partial charge in [-0.05, 0) is 0 Å². The van der Waals surface area contributed by atoms with Crippen LogP contribution in [0.15, 0.2) is 6.20 Å². The molecule has 0 aromatic carbocycles. The molecule has 96 valence electrons. The van der Waals surface area contributed by atoms with Crippen molar-refractivity contribution in [2.24, 2.45) is 0 Å². The van der Waals surface area contributed by atoms with Gasteiger partial charge in [0.1, 0.15) is 11.6 Å². The molecule has 0 fully saturated rings.